The second-order valence-electron chi connectivity index (χ2n) is 5.53. The number of carbonyl (C=O) groups is 2. The number of hydrogen-bond acceptors (Lipinski definition) is 3. The Hall–Kier alpha value is -3.08. The summed E-state index contributed by atoms with van der Waals surface area (Å²) in [6.07, 6.45) is 0. The molecule has 1 N–H and O–H groups in total. The lowest BCUT2D eigenvalue weighted by Gasteiger charge is -2.11. The van der Waals surface area contributed by atoms with Crippen molar-refractivity contribution in [1.29, 1.82) is 0 Å². The zero-order valence-electron chi connectivity index (χ0n) is 13.3. The minimum atomic E-state index is -0.439. The van der Waals surface area contributed by atoms with Crippen molar-refractivity contribution in [3.8, 4) is 0 Å². The summed E-state index contributed by atoms with van der Waals surface area (Å²) >= 11 is 0. The van der Waals surface area contributed by atoms with Crippen LogP contribution in [0.25, 0.3) is 10.9 Å². The lowest BCUT2D eigenvalue weighted by atomic mass is 10.1. The molecule has 0 aliphatic heterocycles. The van der Waals surface area contributed by atoms with E-state index in [1.165, 1.54) is 25.1 Å². The molecule has 2 aromatic carbocycles. The monoisotopic (exact) mass is 322 g/mol. The number of hydrogen-bond donors (Lipinski definition) is 1. The van der Waals surface area contributed by atoms with Gasteiger partial charge in [0.1, 0.15) is 5.82 Å². The molecule has 1 heterocycles. The maximum atomic E-state index is 13.6. The van der Waals surface area contributed by atoms with Gasteiger partial charge in [0.05, 0.1) is 16.8 Å². The van der Waals surface area contributed by atoms with Gasteiger partial charge in [0, 0.05) is 16.6 Å². The van der Waals surface area contributed by atoms with Crippen LogP contribution in [0.3, 0.4) is 0 Å². The summed E-state index contributed by atoms with van der Waals surface area (Å²) in [7, 11) is 0. The molecule has 4 nitrogen and oxygen atoms in total. The number of aryl methyl sites for hydroxylation is 1. The van der Waals surface area contributed by atoms with Crippen LogP contribution in [0.15, 0.2) is 48.5 Å². The molecule has 0 atom stereocenters. The van der Waals surface area contributed by atoms with Gasteiger partial charge >= 0.3 is 0 Å². The molecular weight excluding hydrogens is 307 g/mol. The van der Waals surface area contributed by atoms with E-state index in [0.29, 0.717) is 33.4 Å². The number of anilines is 1. The fourth-order valence-corrected chi connectivity index (χ4v) is 2.61. The predicted molar refractivity (Wildman–Crippen MR) is 90.8 cm³/mol. The summed E-state index contributed by atoms with van der Waals surface area (Å²) in [5.74, 6) is -0.996. The third kappa shape index (κ3) is 3.01. The Balaban J connectivity index is 2.07. The molecule has 120 valence electrons. The van der Waals surface area contributed by atoms with E-state index in [1.54, 1.807) is 37.3 Å². The van der Waals surface area contributed by atoms with Gasteiger partial charge in [0.25, 0.3) is 5.91 Å². The standard InChI is InChI=1S/C19H15FN2O2/c1-11-9-16(15-10-13(20)7-8-18(15)21-11)19(24)22-17-6-4-3-5-14(17)12(2)23/h3-10H,1-2H3,(H,22,24). The third-order valence-electron chi connectivity index (χ3n) is 3.70. The highest BCUT2D eigenvalue weighted by atomic mass is 19.1. The summed E-state index contributed by atoms with van der Waals surface area (Å²) < 4.78 is 13.6. The number of Topliss-reactive ketones (excluding diaryl/α,β-unsaturated/α-hetero) is 1. The Bertz CT molecular complexity index is 967. The molecule has 0 bridgehead atoms. The zero-order valence-corrected chi connectivity index (χ0v) is 13.3. The largest absolute Gasteiger partial charge is 0.321 e. The quantitative estimate of drug-likeness (QED) is 0.737. The summed E-state index contributed by atoms with van der Waals surface area (Å²) in [5, 5.41) is 3.17. The highest BCUT2D eigenvalue weighted by molar-refractivity contribution is 6.14. The normalized spacial score (nSPS) is 10.6. The number of rotatable bonds is 3. The molecule has 24 heavy (non-hydrogen) atoms. The van der Waals surface area contributed by atoms with E-state index < -0.39 is 11.7 Å². The Morgan fingerprint density at radius 2 is 1.79 bits per heavy atom. The summed E-state index contributed by atoms with van der Waals surface area (Å²) in [5.41, 5.74) is 2.36. The fraction of sp³-hybridized carbons (Fsp3) is 0.105. The number of amides is 1. The van der Waals surface area contributed by atoms with Crippen LogP contribution in [-0.2, 0) is 0 Å². The number of nitrogens with zero attached hydrogens (tertiary/aromatic N) is 1. The first kappa shape index (κ1) is 15.8. The first-order valence-corrected chi connectivity index (χ1v) is 7.44. The zero-order chi connectivity index (χ0) is 17.3. The van der Waals surface area contributed by atoms with Crippen LogP contribution in [0.4, 0.5) is 10.1 Å². The fourth-order valence-electron chi connectivity index (χ4n) is 2.61. The Labute approximate surface area is 138 Å². The van der Waals surface area contributed by atoms with Gasteiger partial charge in [-0.15, -0.1) is 0 Å². The van der Waals surface area contributed by atoms with Crippen molar-refractivity contribution in [2.45, 2.75) is 13.8 Å². The van der Waals surface area contributed by atoms with Gasteiger partial charge in [-0.1, -0.05) is 12.1 Å². The minimum absolute atomic E-state index is 0.146. The summed E-state index contributed by atoms with van der Waals surface area (Å²) in [4.78, 5) is 28.7. The van der Waals surface area contributed by atoms with E-state index in [-0.39, 0.29) is 5.78 Å². The predicted octanol–water partition coefficient (Wildman–Crippen LogP) is 4.14. The average molecular weight is 322 g/mol. The molecule has 0 saturated carbocycles. The van der Waals surface area contributed by atoms with Crippen LogP contribution in [-0.4, -0.2) is 16.7 Å². The van der Waals surface area contributed by atoms with E-state index >= 15 is 0 Å². The second kappa shape index (κ2) is 6.20. The molecule has 0 saturated heterocycles. The number of aromatic nitrogens is 1. The van der Waals surface area contributed by atoms with Gasteiger partial charge in [-0.05, 0) is 50.2 Å². The summed E-state index contributed by atoms with van der Waals surface area (Å²) in [6.45, 7) is 3.20. The van der Waals surface area contributed by atoms with Gasteiger partial charge in [0.2, 0.25) is 0 Å². The SMILES string of the molecule is CC(=O)c1ccccc1NC(=O)c1cc(C)nc2ccc(F)cc12. The minimum Gasteiger partial charge on any atom is -0.321 e. The lowest BCUT2D eigenvalue weighted by molar-refractivity contribution is 0.101. The van der Waals surface area contributed by atoms with Gasteiger partial charge in [0.15, 0.2) is 5.78 Å². The van der Waals surface area contributed by atoms with E-state index in [2.05, 4.69) is 10.3 Å². The number of halogens is 1. The van der Waals surface area contributed by atoms with Crippen molar-refractivity contribution in [2.24, 2.45) is 0 Å². The van der Waals surface area contributed by atoms with Crippen molar-refractivity contribution >= 4 is 28.3 Å². The highest BCUT2D eigenvalue weighted by Gasteiger charge is 2.15. The number of carbonyl (C=O) groups excluding carboxylic acids is 2. The summed E-state index contributed by atoms with van der Waals surface area (Å²) in [6, 6.07) is 12.5. The van der Waals surface area contributed by atoms with Crippen LogP contribution in [0, 0.1) is 12.7 Å². The molecule has 1 aromatic heterocycles. The first-order chi connectivity index (χ1) is 11.5. The van der Waals surface area contributed by atoms with Crippen LogP contribution in [0.1, 0.15) is 33.3 Å². The van der Waals surface area contributed by atoms with E-state index in [4.69, 9.17) is 0 Å². The average Bonchev–Trinajstić information content (AvgIpc) is 2.54. The Morgan fingerprint density at radius 3 is 2.54 bits per heavy atom. The van der Waals surface area contributed by atoms with Crippen molar-refractivity contribution in [3.63, 3.8) is 0 Å². The molecule has 1 amide bonds. The molecule has 3 rings (SSSR count). The molecule has 0 fully saturated rings. The van der Waals surface area contributed by atoms with Gasteiger partial charge in [-0.2, -0.15) is 0 Å². The highest BCUT2D eigenvalue weighted by Crippen LogP contribution is 2.22. The van der Waals surface area contributed by atoms with Gasteiger partial charge in [-0.25, -0.2) is 4.39 Å². The number of ketones is 1. The van der Waals surface area contributed by atoms with Crippen LogP contribution in [0.2, 0.25) is 0 Å². The van der Waals surface area contributed by atoms with Gasteiger partial charge < -0.3 is 5.32 Å². The molecule has 0 spiro atoms. The maximum Gasteiger partial charge on any atom is 0.256 e. The third-order valence-corrected chi connectivity index (χ3v) is 3.70. The van der Waals surface area contributed by atoms with E-state index in [1.807, 2.05) is 0 Å². The molecule has 3 aromatic rings. The molecule has 0 aliphatic carbocycles. The van der Waals surface area contributed by atoms with Crippen molar-refractivity contribution < 1.29 is 14.0 Å². The number of fused-ring (bicyclic) bond motifs is 1. The first-order valence-electron chi connectivity index (χ1n) is 7.44. The topological polar surface area (TPSA) is 59.1 Å². The van der Waals surface area contributed by atoms with Crippen molar-refractivity contribution in [3.05, 3.63) is 71.2 Å². The van der Waals surface area contributed by atoms with Gasteiger partial charge in [-0.3, -0.25) is 14.6 Å². The molecular formula is C19H15FN2O2. The second-order valence-corrected chi connectivity index (χ2v) is 5.53. The smallest absolute Gasteiger partial charge is 0.256 e. The molecule has 0 aliphatic rings. The van der Waals surface area contributed by atoms with Crippen LogP contribution in [0.5, 0.6) is 0 Å². The number of para-hydroxylation sites is 1. The van der Waals surface area contributed by atoms with Crippen molar-refractivity contribution in [1.82, 2.24) is 4.98 Å². The van der Waals surface area contributed by atoms with E-state index in [0.717, 1.165) is 0 Å². The molecule has 0 unspecified atom stereocenters. The van der Waals surface area contributed by atoms with Crippen LogP contribution < -0.4 is 5.32 Å². The Kier molecular flexibility index (Phi) is 4.08. The lowest BCUT2D eigenvalue weighted by Crippen LogP contribution is -2.15. The number of benzene rings is 2. The number of pyridine rings is 1. The van der Waals surface area contributed by atoms with Crippen molar-refractivity contribution in [2.75, 3.05) is 5.32 Å². The number of nitrogens with one attached hydrogen (secondary N) is 1. The molecule has 5 heteroatoms. The van der Waals surface area contributed by atoms with E-state index in [9.17, 15) is 14.0 Å². The van der Waals surface area contributed by atoms with Crippen LogP contribution >= 0.6 is 0 Å². The molecule has 0 radical (unpaired) electrons. The Morgan fingerprint density at radius 1 is 1.04 bits per heavy atom. The maximum absolute atomic E-state index is 13.6.